The molecule has 0 radical (unpaired) electrons. The van der Waals surface area contributed by atoms with Gasteiger partial charge in [0.25, 0.3) is 0 Å². The lowest BCUT2D eigenvalue weighted by molar-refractivity contribution is -0.131. The van der Waals surface area contributed by atoms with Crippen LogP contribution in [-0.2, 0) is 9.53 Å². The lowest BCUT2D eigenvalue weighted by Crippen LogP contribution is -2.50. The molecular weight excluding hydrogens is 306 g/mol. The first-order valence-electron chi connectivity index (χ1n) is 8.93. The van der Waals surface area contributed by atoms with Crippen LogP contribution in [0.1, 0.15) is 50.7 Å². The average molecular weight is 333 g/mol. The predicted molar refractivity (Wildman–Crippen MR) is 90.8 cm³/mol. The van der Waals surface area contributed by atoms with Crippen LogP contribution in [0, 0.1) is 5.92 Å². The van der Waals surface area contributed by atoms with E-state index in [0.717, 1.165) is 30.6 Å². The summed E-state index contributed by atoms with van der Waals surface area (Å²) in [6, 6.07) is 8.04. The van der Waals surface area contributed by atoms with Crippen LogP contribution in [0.25, 0.3) is 0 Å². The Morgan fingerprint density at radius 1 is 1.38 bits per heavy atom. The molecule has 2 fully saturated rings. The summed E-state index contributed by atoms with van der Waals surface area (Å²) >= 11 is 0. The molecule has 2 N–H and O–H groups in total. The molecule has 1 heterocycles. The second-order valence-electron chi connectivity index (χ2n) is 6.80. The minimum absolute atomic E-state index is 0.00147. The van der Waals surface area contributed by atoms with Crippen molar-refractivity contribution < 1.29 is 19.4 Å². The zero-order chi connectivity index (χ0) is 16.9. The quantitative estimate of drug-likeness (QED) is 0.869. The number of rotatable bonds is 5. The van der Waals surface area contributed by atoms with Crippen LogP contribution < -0.4 is 10.1 Å². The maximum Gasteiger partial charge on any atom is 0.217 e. The van der Waals surface area contributed by atoms with Gasteiger partial charge in [-0.1, -0.05) is 25.0 Å². The van der Waals surface area contributed by atoms with Gasteiger partial charge in [-0.2, -0.15) is 0 Å². The molecule has 1 aromatic carbocycles. The van der Waals surface area contributed by atoms with E-state index < -0.39 is 0 Å². The number of ether oxygens (including phenoxy) is 2. The predicted octanol–water partition coefficient (Wildman–Crippen LogP) is 2.58. The third kappa shape index (κ3) is 4.08. The van der Waals surface area contributed by atoms with Crippen molar-refractivity contribution in [2.24, 2.45) is 5.92 Å². The zero-order valence-corrected chi connectivity index (χ0v) is 14.2. The Labute approximate surface area is 143 Å². The molecule has 3 rings (SSSR count). The molecule has 5 nitrogen and oxygen atoms in total. The topological polar surface area (TPSA) is 67.8 Å². The number of hydrogen-bond donors (Lipinski definition) is 2. The highest BCUT2D eigenvalue weighted by Gasteiger charge is 2.40. The molecule has 0 unspecified atom stereocenters. The minimum Gasteiger partial charge on any atom is -0.491 e. The van der Waals surface area contributed by atoms with Gasteiger partial charge >= 0.3 is 0 Å². The van der Waals surface area contributed by atoms with Crippen molar-refractivity contribution in [2.45, 2.75) is 57.3 Å². The minimum atomic E-state index is -0.0288. The third-order valence-electron chi connectivity index (χ3n) is 5.06. The number of aliphatic hydroxyl groups excluding tert-OH is 1. The highest BCUT2D eigenvalue weighted by atomic mass is 16.5. The summed E-state index contributed by atoms with van der Waals surface area (Å²) in [4.78, 5) is 11.6. The molecule has 24 heavy (non-hydrogen) atoms. The summed E-state index contributed by atoms with van der Waals surface area (Å²) in [7, 11) is 0. The molecule has 1 aromatic rings. The van der Waals surface area contributed by atoms with E-state index in [1.54, 1.807) is 6.92 Å². The van der Waals surface area contributed by atoms with Gasteiger partial charge in [0.1, 0.15) is 12.4 Å². The number of amides is 1. The molecule has 1 aliphatic heterocycles. The molecule has 4 atom stereocenters. The van der Waals surface area contributed by atoms with E-state index in [0.29, 0.717) is 5.92 Å². The average Bonchev–Trinajstić information content (AvgIpc) is 2.59. The summed E-state index contributed by atoms with van der Waals surface area (Å²) < 4.78 is 11.9. The molecular formula is C19H27NO4. The van der Waals surface area contributed by atoms with Gasteiger partial charge in [-0.15, -0.1) is 0 Å². The Kier molecular flexibility index (Phi) is 5.74. The van der Waals surface area contributed by atoms with Crippen molar-refractivity contribution in [3.05, 3.63) is 29.8 Å². The van der Waals surface area contributed by atoms with Gasteiger partial charge in [0.05, 0.1) is 18.8 Å². The molecule has 1 saturated heterocycles. The summed E-state index contributed by atoms with van der Waals surface area (Å²) in [5.41, 5.74) is 1.07. The second-order valence-corrected chi connectivity index (χ2v) is 6.80. The van der Waals surface area contributed by atoms with Crippen LogP contribution in [0.15, 0.2) is 24.3 Å². The van der Waals surface area contributed by atoms with Crippen LogP contribution in [0.5, 0.6) is 5.75 Å². The highest BCUT2D eigenvalue weighted by Crippen LogP contribution is 2.41. The highest BCUT2D eigenvalue weighted by molar-refractivity contribution is 5.73. The van der Waals surface area contributed by atoms with Crippen LogP contribution in [0.4, 0.5) is 0 Å². The van der Waals surface area contributed by atoms with Gasteiger partial charge in [0, 0.05) is 18.9 Å². The summed E-state index contributed by atoms with van der Waals surface area (Å²) in [6.07, 6.45) is 5.59. The first-order valence-corrected chi connectivity index (χ1v) is 8.93. The number of fused-ring (bicyclic) bond motifs is 1. The van der Waals surface area contributed by atoms with Gasteiger partial charge in [0.2, 0.25) is 5.91 Å². The van der Waals surface area contributed by atoms with Gasteiger partial charge in [-0.05, 0) is 37.0 Å². The van der Waals surface area contributed by atoms with Crippen molar-refractivity contribution in [1.82, 2.24) is 5.32 Å². The molecule has 5 heteroatoms. The van der Waals surface area contributed by atoms with Crippen molar-refractivity contribution >= 4 is 5.91 Å². The lowest BCUT2D eigenvalue weighted by Gasteiger charge is -2.45. The summed E-state index contributed by atoms with van der Waals surface area (Å²) in [5.74, 6) is 1.20. The van der Waals surface area contributed by atoms with E-state index in [1.165, 1.54) is 12.8 Å². The molecule has 1 saturated carbocycles. The summed E-state index contributed by atoms with van der Waals surface area (Å²) in [5, 5.41) is 12.1. The standard InChI is InChI=1S/C19H27NO4/c1-13(22)20-17-12-19(24-18-8-3-2-7-16(17)18)14-5-4-6-15(11-14)23-10-9-21/h4-6,11,16-19,21H,2-3,7-10,12H2,1H3,(H,20,22)/t16-,17+,18+,19+/m0/s1. The monoisotopic (exact) mass is 333 g/mol. The van der Waals surface area contributed by atoms with Crippen molar-refractivity contribution in [3.8, 4) is 5.75 Å². The van der Waals surface area contributed by atoms with Crippen LogP contribution in [0.3, 0.4) is 0 Å². The Hall–Kier alpha value is -1.59. The Balaban J connectivity index is 1.76. The normalized spacial score (nSPS) is 29.6. The largest absolute Gasteiger partial charge is 0.491 e. The first-order chi connectivity index (χ1) is 11.7. The molecule has 1 amide bonds. The van der Waals surface area contributed by atoms with Gasteiger partial charge in [-0.3, -0.25) is 4.79 Å². The number of benzene rings is 1. The molecule has 1 aliphatic carbocycles. The number of carbonyl (C=O) groups is 1. The van der Waals surface area contributed by atoms with E-state index in [9.17, 15) is 4.79 Å². The molecule has 0 spiro atoms. The SMILES string of the molecule is CC(=O)N[C@@H]1C[C@H](c2cccc(OCCO)c2)O[C@@H]2CCCC[C@@H]12. The van der Waals surface area contributed by atoms with Crippen LogP contribution in [-0.4, -0.2) is 36.4 Å². The number of nitrogens with one attached hydrogen (secondary N) is 1. The van der Waals surface area contributed by atoms with Crippen molar-refractivity contribution in [2.75, 3.05) is 13.2 Å². The van der Waals surface area contributed by atoms with E-state index in [-0.39, 0.29) is 37.4 Å². The van der Waals surface area contributed by atoms with E-state index in [4.69, 9.17) is 14.6 Å². The smallest absolute Gasteiger partial charge is 0.217 e. The van der Waals surface area contributed by atoms with E-state index in [2.05, 4.69) is 5.32 Å². The number of aliphatic hydroxyl groups is 1. The fourth-order valence-electron chi connectivity index (χ4n) is 4.04. The molecule has 0 bridgehead atoms. The van der Waals surface area contributed by atoms with E-state index >= 15 is 0 Å². The first kappa shape index (κ1) is 17.2. The molecule has 0 aromatic heterocycles. The van der Waals surface area contributed by atoms with Gasteiger partial charge in [-0.25, -0.2) is 0 Å². The Bertz CT molecular complexity index is 562. The fraction of sp³-hybridized carbons (Fsp3) is 0.632. The van der Waals surface area contributed by atoms with Gasteiger partial charge in [0.15, 0.2) is 0 Å². The maximum atomic E-state index is 11.6. The second kappa shape index (κ2) is 7.99. The van der Waals surface area contributed by atoms with Crippen LogP contribution >= 0.6 is 0 Å². The fourth-order valence-corrected chi connectivity index (χ4v) is 4.04. The van der Waals surface area contributed by atoms with Crippen LogP contribution in [0.2, 0.25) is 0 Å². The summed E-state index contributed by atoms with van der Waals surface area (Å²) in [6.45, 7) is 1.87. The van der Waals surface area contributed by atoms with E-state index in [1.807, 2.05) is 24.3 Å². The zero-order valence-electron chi connectivity index (χ0n) is 14.2. The Morgan fingerprint density at radius 3 is 3.00 bits per heavy atom. The molecule has 132 valence electrons. The lowest BCUT2D eigenvalue weighted by atomic mass is 9.76. The van der Waals surface area contributed by atoms with Gasteiger partial charge < -0.3 is 19.9 Å². The number of carbonyl (C=O) groups excluding carboxylic acids is 1. The number of hydrogen-bond acceptors (Lipinski definition) is 4. The Morgan fingerprint density at radius 2 is 2.21 bits per heavy atom. The van der Waals surface area contributed by atoms with Crippen molar-refractivity contribution in [1.29, 1.82) is 0 Å². The van der Waals surface area contributed by atoms with Crippen molar-refractivity contribution in [3.63, 3.8) is 0 Å². The molecule has 2 aliphatic rings. The maximum absolute atomic E-state index is 11.6. The third-order valence-corrected chi connectivity index (χ3v) is 5.06.